The number of nitrogens with zero attached hydrogens (tertiary/aromatic N) is 2. The minimum absolute atomic E-state index is 0.0885. The van der Waals surface area contributed by atoms with Gasteiger partial charge in [-0.3, -0.25) is 14.7 Å². The lowest BCUT2D eigenvalue weighted by Gasteiger charge is -2.32. The molecule has 0 atom stereocenters. The van der Waals surface area contributed by atoms with Crippen molar-refractivity contribution in [1.82, 2.24) is 15.4 Å². The van der Waals surface area contributed by atoms with Gasteiger partial charge < -0.3 is 9.94 Å². The molecule has 0 unspecified atom stereocenters. The third-order valence-corrected chi connectivity index (χ3v) is 5.07. The summed E-state index contributed by atoms with van der Waals surface area (Å²) in [6, 6.07) is 7.95. The minimum Gasteiger partial charge on any atom is -0.504 e. The van der Waals surface area contributed by atoms with E-state index in [2.05, 4.69) is 27.5 Å². The Kier molecular flexibility index (Phi) is 4.58. The molecule has 0 radical (unpaired) electrons. The third-order valence-electron chi connectivity index (χ3n) is 5.07. The predicted molar refractivity (Wildman–Crippen MR) is 97.4 cm³/mol. The average Bonchev–Trinajstić information content (AvgIpc) is 2.87. The van der Waals surface area contributed by atoms with Crippen LogP contribution in [0.5, 0.6) is 11.5 Å². The van der Waals surface area contributed by atoms with Crippen molar-refractivity contribution in [3.8, 4) is 11.5 Å². The average molecular weight is 351 g/mol. The summed E-state index contributed by atoms with van der Waals surface area (Å²) >= 11 is 0. The molecule has 6 nitrogen and oxygen atoms in total. The van der Waals surface area contributed by atoms with Crippen molar-refractivity contribution in [3.05, 3.63) is 59.4 Å². The number of phenolic OH excluding ortho intramolecular Hbond substituents is 1. The van der Waals surface area contributed by atoms with Crippen molar-refractivity contribution in [2.75, 3.05) is 13.1 Å². The van der Waals surface area contributed by atoms with Crippen LogP contribution in [0.15, 0.2) is 42.7 Å². The molecule has 0 spiro atoms. The molecule has 4 rings (SSSR count). The van der Waals surface area contributed by atoms with Crippen LogP contribution in [0.2, 0.25) is 0 Å². The van der Waals surface area contributed by atoms with E-state index >= 15 is 0 Å². The first-order valence-corrected chi connectivity index (χ1v) is 8.83. The van der Waals surface area contributed by atoms with Crippen molar-refractivity contribution in [3.63, 3.8) is 0 Å². The Balaban J connectivity index is 1.43. The van der Waals surface area contributed by atoms with Gasteiger partial charge in [0.05, 0.1) is 0 Å². The Hall–Kier alpha value is -2.86. The third kappa shape index (κ3) is 3.41. The number of carbonyl (C=O) groups is 1. The number of hydrogen-bond acceptors (Lipinski definition) is 5. The molecule has 2 N–H and O–H groups in total. The number of amides is 1. The van der Waals surface area contributed by atoms with Crippen LogP contribution in [0.4, 0.5) is 0 Å². The zero-order valence-electron chi connectivity index (χ0n) is 14.4. The Morgan fingerprint density at radius 1 is 1.15 bits per heavy atom. The van der Waals surface area contributed by atoms with Gasteiger partial charge in [-0.15, -0.1) is 0 Å². The van der Waals surface area contributed by atoms with Crippen LogP contribution < -0.4 is 10.3 Å². The molecule has 1 saturated heterocycles. The van der Waals surface area contributed by atoms with Gasteiger partial charge in [-0.1, -0.05) is 12.1 Å². The maximum absolute atomic E-state index is 11.4. The molecule has 134 valence electrons. The summed E-state index contributed by atoms with van der Waals surface area (Å²) in [6.45, 7) is 2.60. The van der Waals surface area contributed by atoms with Crippen LogP contribution in [-0.2, 0) is 11.3 Å². The lowest BCUT2D eigenvalue weighted by atomic mass is 9.90. The Bertz CT molecular complexity index is 828. The first-order chi connectivity index (χ1) is 12.7. The molecule has 0 aliphatic carbocycles. The number of aromatic hydroxyl groups is 1. The number of nitrogens with one attached hydrogen (secondary N) is 1. The highest BCUT2D eigenvalue weighted by Crippen LogP contribution is 2.36. The summed E-state index contributed by atoms with van der Waals surface area (Å²) in [7, 11) is 0. The van der Waals surface area contributed by atoms with E-state index in [1.165, 1.54) is 11.6 Å². The normalized spacial score (nSPS) is 17.9. The fourth-order valence-corrected chi connectivity index (χ4v) is 3.60. The summed E-state index contributed by atoms with van der Waals surface area (Å²) in [5, 5.41) is 10.6. The molecule has 1 aromatic carbocycles. The van der Waals surface area contributed by atoms with Gasteiger partial charge in [0.25, 0.3) is 5.91 Å². The van der Waals surface area contributed by atoms with Gasteiger partial charge in [-0.2, -0.15) is 5.48 Å². The molecular weight excluding hydrogens is 330 g/mol. The highest BCUT2D eigenvalue weighted by molar-refractivity contribution is 5.92. The zero-order chi connectivity index (χ0) is 17.9. The van der Waals surface area contributed by atoms with Crippen molar-refractivity contribution < 1.29 is 14.7 Å². The minimum atomic E-state index is -0.347. The number of benzene rings is 1. The van der Waals surface area contributed by atoms with Gasteiger partial charge in [0.15, 0.2) is 5.75 Å². The number of aromatic nitrogens is 1. The van der Waals surface area contributed by atoms with Crippen LogP contribution >= 0.6 is 0 Å². The topological polar surface area (TPSA) is 74.7 Å². The van der Waals surface area contributed by atoms with E-state index in [1.807, 2.05) is 24.5 Å². The Morgan fingerprint density at radius 3 is 2.69 bits per heavy atom. The number of phenols is 1. The second-order valence-corrected chi connectivity index (χ2v) is 6.72. The molecule has 0 saturated carbocycles. The van der Waals surface area contributed by atoms with E-state index in [4.69, 9.17) is 4.84 Å². The number of hydroxylamine groups is 1. The molecular formula is C20H21N3O3. The fraction of sp³-hybridized carbons (Fsp3) is 0.300. The smallest absolute Gasteiger partial charge is 0.276 e. The molecule has 6 heteroatoms. The van der Waals surface area contributed by atoms with Crippen LogP contribution in [0.1, 0.15) is 35.4 Å². The van der Waals surface area contributed by atoms with Crippen LogP contribution in [-0.4, -0.2) is 34.0 Å². The van der Waals surface area contributed by atoms with Gasteiger partial charge in [-0.25, -0.2) is 0 Å². The highest BCUT2D eigenvalue weighted by Gasteiger charge is 2.23. The van der Waals surface area contributed by atoms with E-state index in [1.54, 1.807) is 6.08 Å². The molecule has 1 amide bonds. The van der Waals surface area contributed by atoms with Gasteiger partial charge >= 0.3 is 0 Å². The second-order valence-electron chi connectivity index (χ2n) is 6.72. The fourth-order valence-electron chi connectivity index (χ4n) is 3.60. The predicted octanol–water partition coefficient (Wildman–Crippen LogP) is 2.60. The van der Waals surface area contributed by atoms with Crippen molar-refractivity contribution >= 4 is 12.0 Å². The van der Waals surface area contributed by atoms with Gasteiger partial charge in [0, 0.05) is 36.1 Å². The maximum Gasteiger partial charge on any atom is 0.276 e. The second kappa shape index (κ2) is 7.17. The number of likely N-dealkylation sites (tertiary alicyclic amines) is 1. The van der Waals surface area contributed by atoms with Crippen molar-refractivity contribution in [2.45, 2.75) is 25.3 Å². The first-order valence-electron chi connectivity index (χ1n) is 8.83. The van der Waals surface area contributed by atoms with E-state index in [9.17, 15) is 9.90 Å². The van der Waals surface area contributed by atoms with Crippen LogP contribution in [0, 0.1) is 0 Å². The summed E-state index contributed by atoms with van der Waals surface area (Å²) in [5.74, 6) is 0.612. The van der Waals surface area contributed by atoms with E-state index < -0.39 is 0 Å². The molecule has 26 heavy (non-hydrogen) atoms. The maximum atomic E-state index is 11.4. The van der Waals surface area contributed by atoms with Crippen LogP contribution in [0.25, 0.3) is 6.08 Å². The van der Waals surface area contributed by atoms with Gasteiger partial charge in [0.1, 0.15) is 0 Å². The number of hydrogen-bond donors (Lipinski definition) is 2. The molecule has 3 heterocycles. The van der Waals surface area contributed by atoms with Crippen LogP contribution in [0.3, 0.4) is 0 Å². The number of fused-ring (bicyclic) bond motifs is 1. The molecule has 2 aromatic rings. The summed E-state index contributed by atoms with van der Waals surface area (Å²) in [5.41, 5.74) is 5.13. The number of piperidine rings is 1. The number of rotatable bonds is 3. The van der Waals surface area contributed by atoms with Crippen molar-refractivity contribution in [1.29, 1.82) is 0 Å². The highest BCUT2D eigenvalue weighted by atomic mass is 16.7. The quantitative estimate of drug-likeness (QED) is 0.889. The van der Waals surface area contributed by atoms with Gasteiger partial charge in [0.2, 0.25) is 5.75 Å². The Labute approximate surface area is 152 Å². The monoisotopic (exact) mass is 351 g/mol. The number of pyridine rings is 1. The lowest BCUT2D eigenvalue weighted by molar-refractivity contribution is -0.122. The summed E-state index contributed by atoms with van der Waals surface area (Å²) < 4.78 is 0. The SMILES string of the molecule is O=C1C=Cc2ccc(CN3CCC(c4ccncc4)CC3)c(O)c2ON1. The van der Waals surface area contributed by atoms with E-state index in [0.717, 1.165) is 31.5 Å². The standard InChI is InChI=1S/C20H21N3O3/c24-18-4-3-16-1-2-17(19(25)20(16)26-22-18)13-23-11-7-15(8-12-23)14-5-9-21-10-6-14/h1-6,9-10,15,25H,7-8,11-13H2,(H,22,24). The largest absolute Gasteiger partial charge is 0.504 e. The lowest BCUT2D eigenvalue weighted by Crippen LogP contribution is -2.32. The first kappa shape index (κ1) is 16.6. The molecule has 0 bridgehead atoms. The summed E-state index contributed by atoms with van der Waals surface area (Å²) in [4.78, 5) is 23.1. The molecule has 2 aliphatic heterocycles. The van der Waals surface area contributed by atoms with E-state index in [0.29, 0.717) is 23.8 Å². The van der Waals surface area contributed by atoms with Gasteiger partial charge in [-0.05, 0) is 55.6 Å². The molecule has 1 aromatic heterocycles. The number of carbonyl (C=O) groups excluding carboxylic acids is 1. The Morgan fingerprint density at radius 2 is 1.92 bits per heavy atom. The molecule has 1 fully saturated rings. The van der Waals surface area contributed by atoms with Crippen molar-refractivity contribution in [2.24, 2.45) is 0 Å². The summed E-state index contributed by atoms with van der Waals surface area (Å²) in [6.07, 6.45) is 8.90. The molecule has 2 aliphatic rings. The van der Waals surface area contributed by atoms with E-state index in [-0.39, 0.29) is 11.7 Å². The zero-order valence-corrected chi connectivity index (χ0v) is 14.4.